The van der Waals surface area contributed by atoms with Crippen molar-refractivity contribution in [2.24, 2.45) is 0 Å². The molecule has 0 radical (unpaired) electrons. The van der Waals surface area contributed by atoms with E-state index < -0.39 is 24.2 Å². The first kappa shape index (κ1) is 16.4. The van der Waals surface area contributed by atoms with E-state index in [0.717, 1.165) is 5.56 Å². The van der Waals surface area contributed by atoms with E-state index in [2.05, 4.69) is 10.3 Å². The van der Waals surface area contributed by atoms with Crippen LogP contribution >= 0.6 is 0 Å². The minimum absolute atomic E-state index is 0.00130. The highest BCUT2D eigenvalue weighted by molar-refractivity contribution is 5.80. The summed E-state index contributed by atoms with van der Waals surface area (Å²) in [6, 6.07) is 12.1. The van der Waals surface area contributed by atoms with Gasteiger partial charge in [0.15, 0.2) is 6.04 Å². The second kappa shape index (κ2) is 7.90. The maximum absolute atomic E-state index is 11.7. The molecule has 0 saturated carbocycles. The number of alkyl carbamates (subject to hydrolysis) is 1. The Morgan fingerprint density at radius 1 is 1.13 bits per heavy atom. The highest BCUT2D eigenvalue weighted by Crippen LogP contribution is 2.14. The second-order valence-electron chi connectivity index (χ2n) is 4.72. The van der Waals surface area contributed by atoms with Gasteiger partial charge in [-0.15, -0.1) is 0 Å². The van der Waals surface area contributed by atoms with Crippen LogP contribution in [-0.4, -0.2) is 33.3 Å². The molecule has 120 valence electrons. The van der Waals surface area contributed by atoms with Crippen molar-refractivity contribution in [1.29, 1.82) is 0 Å². The van der Waals surface area contributed by atoms with Crippen LogP contribution in [0.4, 0.5) is 4.79 Å². The van der Waals surface area contributed by atoms with Crippen molar-refractivity contribution >= 4 is 12.1 Å². The Morgan fingerprint density at radius 3 is 2.43 bits per heavy atom. The summed E-state index contributed by atoms with van der Waals surface area (Å²) in [7, 11) is 0. The average molecular weight is 316 g/mol. The fourth-order valence-corrected chi connectivity index (χ4v) is 1.89. The number of hydrogen-bond donors (Lipinski definition) is 3. The van der Waals surface area contributed by atoms with Crippen LogP contribution in [-0.2, 0) is 16.1 Å². The number of aliphatic hydroxyl groups excluding tert-OH is 1. The Bertz CT molecular complexity index is 648. The summed E-state index contributed by atoms with van der Waals surface area (Å²) in [6.07, 6.45) is -1.00. The predicted octanol–water partition coefficient (Wildman–Crippen LogP) is 1.49. The molecule has 0 spiro atoms. The number of aromatic nitrogens is 1. The molecule has 2 rings (SSSR count). The molecule has 2 atom stereocenters. The number of benzene rings is 1. The fourth-order valence-electron chi connectivity index (χ4n) is 1.89. The molecule has 0 bridgehead atoms. The zero-order chi connectivity index (χ0) is 16.7. The van der Waals surface area contributed by atoms with Gasteiger partial charge >= 0.3 is 12.1 Å². The van der Waals surface area contributed by atoms with Crippen LogP contribution in [0.1, 0.15) is 17.4 Å². The molecule has 1 aromatic heterocycles. The van der Waals surface area contributed by atoms with Crippen LogP contribution in [0.3, 0.4) is 0 Å². The van der Waals surface area contributed by atoms with E-state index in [1.54, 1.807) is 36.4 Å². The zero-order valence-corrected chi connectivity index (χ0v) is 12.1. The molecule has 7 nitrogen and oxygen atoms in total. The number of rotatable bonds is 6. The molecule has 0 aliphatic carbocycles. The predicted molar refractivity (Wildman–Crippen MR) is 80.4 cm³/mol. The molecule has 0 aliphatic rings. The number of pyridine rings is 1. The van der Waals surface area contributed by atoms with E-state index in [-0.39, 0.29) is 12.3 Å². The average Bonchev–Trinajstić information content (AvgIpc) is 2.58. The molecule has 1 aromatic carbocycles. The molecule has 23 heavy (non-hydrogen) atoms. The first-order valence-electron chi connectivity index (χ1n) is 6.87. The van der Waals surface area contributed by atoms with Gasteiger partial charge in [-0.05, 0) is 17.7 Å². The lowest BCUT2D eigenvalue weighted by molar-refractivity contribution is -0.142. The Labute approximate surface area is 132 Å². The Hall–Kier alpha value is -2.93. The van der Waals surface area contributed by atoms with E-state index in [1.165, 1.54) is 12.3 Å². The number of nitrogens with one attached hydrogen (secondary N) is 1. The van der Waals surface area contributed by atoms with Gasteiger partial charge in [-0.2, -0.15) is 0 Å². The minimum atomic E-state index is -1.56. The number of aliphatic carboxylic acids is 1. The topological polar surface area (TPSA) is 109 Å². The zero-order valence-electron chi connectivity index (χ0n) is 12.1. The van der Waals surface area contributed by atoms with Gasteiger partial charge in [-0.3, -0.25) is 4.98 Å². The summed E-state index contributed by atoms with van der Waals surface area (Å²) >= 11 is 0. The van der Waals surface area contributed by atoms with Crippen LogP contribution in [0.15, 0.2) is 54.7 Å². The highest BCUT2D eigenvalue weighted by atomic mass is 16.5. The summed E-state index contributed by atoms with van der Waals surface area (Å²) < 4.78 is 4.95. The second-order valence-corrected chi connectivity index (χ2v) is 4.72. The van der Waals surface area contributed by atoms with Crippen LogP contribution < -0.4 is 5.32 Å². The fraction of sp³-hybridized carbons (Fsp3) is 0.188. The Morgan fingerprint density at radius 2 is 1.83 bits per heavy atom. The molecule has 0 unspecified atom stereocenters. The van der Waals surface area contributed by atoms with E-state index in [4.69, 9.17) is 4.74 Å². The smallest absolute Gasteiger partial charge is 0.408 e. The maximum Gasteiger partial charge on any atom is 0.408 e. The van der Waals surface area contributed by atoms with Gasteiger partial charge in [0.25, 0.3) is 0 Å². The first-order chi connectivity index (χ1) is 11.1. The number of carbonyl (C=O) groups excluding carboxylic acids is 1. The van der Waals surface area contributed by atoms with Crippen molar-refractivity contribution in [3.8, 4) is 0 Å². The molecular formula is C16H16N2O5. The van der Waals surface area contributed by atoms with Crippen LogP contribution in [0.2, 0.25) is 0 Å². The van der Waals surface area contributed by atoms with E-state index in [0.29, 0.717) is 0 Å². The number of carboxylic acid groups (broad SMARTS) is 1. The molecule has 1 amide bonds. The Kier molecular flexibility index (Phi) is 5.65. The monoisotopic (exact) mass is 316 g/mol. The summed E-state index contributed by atoms with van der Waals surface area (Å²) in [5.41, 5.74) is 0.906. The number of ether oxygens (including phenoxy) is 1. The molecular weight excluding hydrogens is 300 g/mol. The number of amides is 1. The third-order valence-corrected chi connectivity index (χ3v) is 3.06. The van der Waals surface area contributed by atoms with E-state index in [1.807, 2.05) is 6.07 Å². The van der Waals surface area contributed by atoms with Crippen molar-refractivity contribution in [3.63, 3.8) is 0 Å². The van der Waals surface area contributed by atoms with Crippen LogP contribution in [0.25, 0.3) is 0 Å². The standard InChI is InChI=1S/C16H16N2O5/c19-14(12-8-4-5-9-17-12)13(15(20)21)18-16(22)23-10-11-6-2-1-3-7-11/h1-9,13-14,19H,10H2,(H,18,22)(H,20,21)/t13-,14+/m1/s1. The third kappa shape index (κ3) is 4.79. The first-order valence-corrected chi connectivity index (χ1v) is 6.87. The normalized spacial score (nSPS) is 12.9. The summed E-state index contributed by atoms with van der Waals surface area (Å²) in [5.74, 6) is -1.39. The van der Waals surface area contributed by atoms with Crippen LogP contribution in [0.5, 0.6) is 0 Å². The van der Waals surface area contributed by atoms with Gasteiger partial charge in [-0.1, -0.05) is 36.4 Å². The number of hydrogen-bond acceptors (Lipinski definition) is 5. The van der Waals surface area contributed by atoms with Crippen LogP contribution in [0, 0.1) is 0 Å². The van der Waals surface area contributed by atoms with E-state index >= 15 is 0 Å². The molecule has 2 aromatic rings. The summed E-state index contributed by atoms with van der Waals surface area (Å²) in [5, 5.41) is 21.4. The third-order valence-electron chi connectivity index (χ3n) is 3.06. The highest BCUT2D eigenvalue weighted by Gasteiger charge is 2.30. The summed E-state index contributed by atoms with van der Waals surface area (Å²) in [6.45, 7) is -0.00130. The van der Waals surface area contributed by atoms with Crippen molar-refractivity contribution in [1.82, 2.24) is 10.3 Å². The maximum atomic E-state index is 11.7. The molecule has 7 heteroatoms. The number of carboxylic acids is 1. The molecule has 0 fully saturated rings. The lowest BCUT2D eigenvalue weighted by atomic mass is 10.1. The van der Waals surface area contributed by atoms with Gasteiger partial charge in [0.05, 0.1) is 5.69 Å². The number of carbonyl (C=O) groups is 2. The summed E-state index contributed by atoms with van der Waals surface area (Å²) in [4.78, 5) is 26.9. The molecule has 3 N–H and O–H groups in total. The molecule has 1 heterocycles. The van der Waals surface area contributed by atoms with E-state index in [9.17, 15) is 19.8 Å². The van der Waals surface area contributed by atoms with Crippen molar-refractivity contribution in [3.05, 3.63) is 66.0 Å². The van der Waals surface area contributed by atoms with Gasteiger partial charge in [0, 0.05) is 6.20 Å². The minimum Gasteiger partial charge on any atom is -0.480 e. The van der Waals surface area contributed by atoms with Gasteiger partial charge < -0.3 is 20.3 Å². The molecule has 0 saturated heterocycles. The lowest BCUT2D eigenvalue weighted by Crippen LogP contribution is -2.45. The van der Waals surface area contributed by atoms with Gasteiger partial charge in [-0.25, -0.2) is 9.59 Å². The lowest BCUT2D eigenvalue weighted by Gasteiger charge is -2.19. The van der Waals surface area contributed by atoms with Crippen molar-refractivity contribution in [2.45, 2.75) is 18.8 Å². The Balaban J connectivity index is 1.96. The van der Waals surface area contributed by atoms with Crippen molar-refractivity contribution < 1.29 is 24.5 Å². The quantitative estimate of drug-likeness (QED) is 0.745. The molecule has 0 aliphatic heterocycles. The SMILES string of the molecule is O=C(N[C@@H](C(=O)O)[C@@H](O)c1ccccn1)OCc1ccccc1. The van der Waals surface area contributed by atoms with Gasteiger partial charge in [0.2, 0.25) is 0 Å². The van der Waals surface area contributed by atoms with Crippen molar-refractivity contribution in [2.75, 3.05) is 0 Å². The number of aliphatic hydroxyl groups is 1. The largest absolute Gasteiger partial charge is 0.480 e. The van der Waals surface area contributed by atoms with Gasteiger partial charge in [0.1, 0.15) is 12.7 Å². The number of nitrogens with zero attached hydrogens (tertiary/aromatic N) is 1.